The van der Waals surface area contributed by atoms with Gasteiger partial charge in [-0.25, -0.2) is 0 Å². The fourth-order valence-corrected chi connectivity index (χ4v) is 4.39. The zero-order valence-corrected chi connectivity index (χ0v) is 15.2. The first-order valence-corrected chi connectivity index (χ1v) is 8.51. The summed E-state index contributed by atoms with van der Waals surface area (Å²) in [7, 11) is 0. The van der Waals surface area contributed by atoms with Crippen molar-refractivity contribution in [2.75, 3.05) is 0 Å². The highest BCUT2D eigenvalue weighted by Crippen LogP contribution is 2.51. The maximum Gasteiger partial charge on any atom is 0.309 e. The third-order valence-electron chi connectivity index (χ3n) is 5.40. The van der Waals surface area contributed by atoms with Crippen LogP contribution in [0.5, 0.6) is 0 Å². The van der Waals surface area contributed by atoms with E-state index in [-0.39, 0.29) is 29.7 Å². The monoisotopic (exact) mass is 334 g/mol. The third kappa shape index (κ3) is 2.37. The van der Waals surface area contributed by atoms with Crippen molar-refractivity contribution in [1.29, 1.82) is 0 Å². The van der Waals surface area contributed by atoms with Crippen LogP contribution in [0, 0.1) is 11.8 Å². The summed E-state index contributed by atoms with van der Waals surface area (Å²) < 4.78 is 11.8. The maximum atomic E-state index is 12.5. The maximum absolute atomic E-state index is 12.5. The van der Waals surface area contributed by atoms with Gasteiger partial charge in [-0.1, -0.05) is 12.5 Å². The summed E-state index contributed by atoms with van der Waals surface area (Å²) in [5.74, 6) is -1.23. The molecule has 0 bridgehead atoms. The lowest BCUT2D eigenvalue weighted by atomic mass is 9.76. The van der Waals surface area contributed by atoms with Gasteiger partial charge in [-0.05, 0) is 52.7 Å². The first-order chi connectivity index (χ1) is 11.0. The minimum atomic E-state index is -1.54. The van der Waals surface area contributed by atoms with Gasteiger partial charge in [-0.15, -0.1) is 0 Å². The van der Waals surface area contributed by atoms with E-state index < -0.39 is 17.3 Å². The Balaban J connectivity index is 2.15. The van der Waals surface area contributed by atoms with Gasteiger partial charge in [0.2, 0.25) is 0 Å². The number of fused-ring (bicyclic) bond motifs is 3. The number of carbonyl (C=O) groups excluding carboxylic acids is 2. The zero-order chi connectivity index (χ0) is 18.0. The topological polar surface area (TPSA) is 72.8 Å². The molecule has 5 unspecified atom stereocenters. The van der Waals surface area contributed by atoms with Crippen LogP contribution in [0.2, 0.25) is 0 Å². The Bertz CT molecular complexity index is 666. The van der Waals surface area contributed by atoms with E-state index in [0.717, 1.165) is 5.57 Å². The molecule has 1 saturated heterocycles. The van der Waals surface area contributed by atoms with Gasteiger partial charge >= 0.3 is 5.97 Å². The standard InChI is InChI=1S/C19H26O5/c1-9-7-13(24-18(4,5)6)14-11(3)17(21)23-16(14)19(22)10(2)8-12(20)15(9)19/h8,11,13-14,16,22H,7H2,1-6H3. The Hall–Kier alpha value is -1.46. The molecule has 3 rings (SSSR count). The average molecular weight is 334 g/mol. The molecule has 0 aromatic carbocycles. The number of ketones is 1. The van der Waals surface area contributed by atoms with E-state index in [2.05, 4.69) is 0 Å². The van der Waals surface area contributed by atoms with E-state index in [4.69, 9.17) is 9.47 Å². The van der Waals surface area contributed by atoms with E-state index >= 15 is 0 Å². The first kappa shape index (κ1) is 17.4. The summed E-state index contributed by atoms with van der Waals surface area (Å²) in [6, 6.07) is 0. The van der Waals surface area contributed by atoms with E-state index in [1.54, 1.807) is 6.92 Å². The number of aliphatic hydroxyl groups is 1. The fraction of sp³-hybridized carbons (Fsp3) is 0.684. The van der Waals surface area contributed by atoms with Crippen LogP contribution < -0.4 is 0 Å². The molecule has 5 atom stereocenters. The number of esters is 1. The summed E-state index contributed by atoms with van der Waals surface area (Å²) in [6.07, 6.45) is 0.878. The van der Waals surface area contributed by atoms with E-state index in [1.807, 2.05) is 34.6 Å². The molecule has 132 valence electrons. The van der Waals surface area contributed by atoms with Crippen molar-refractivity contribution in [2.24, 2.45) is 11.8 Å². The molecule has 5 heteroatoms. The van der Waals surface area contributed by atoms with Crippen molar-refractivity contribution in [2.45, 2.75) is 71.4 Å². The quantitative estimate of drug-likeness (QED) is 0.745. The number of carbonyl (C=O) groups is 2. The molecule has 1 aliphatic heterocycles. The Morgan fingerprint density at radius 3 is 2.50 bits per heavy atom. The minimum absolute atomic E-state index is 0.196. The highest BCUT2D eigenvalue weighted by Gasteiger charge is 2.62. The molecule has 0 aromatic heterocycles. The van der Waals surface area contributed by atoms with Crippen molar-refractivity contribution >= 4 is 11.8 Å². The third-order valence-corrected chi connectivity index (χ3v) is 5.40. The van der Waals surface area contributed by atoms with E-state index in [0.29, 0.717) is 17.6 Å². The molecule has 0 radical (unpaired) electrons. The second-order valence-corrected chi connectivity index (χ2v) is 8.31. The van der Waals surface area contributed by atoms with Crippen LogP contribution in [0.3, 0.4) is 0 Å². The lowest BCUT2D eigenvalue weighted by Gasteiger charge is -2.37. The Morgan fingerprint density at radius 2 is 1.92 bits per heavy atom. The first-order valence-electron chi connectivity index (χ1n) is 8.51. The molecule has 0 aromatic rings. The van der Waals surface area contributed by atoms with Crippen LogP contribution in [0.25, 0.3) is 0 Å². The molecule has 24 heavy (non-hydrogen) atoms. The van der Waals surface area contributed by atoms with Crippen molar-refractivity contribution in [1.82, 2.24) is 0 Å². The summed E-state index contributed by atoms with van der Waals surface area (Å²) in [5, 5.41) is 11.4. The molecule has 1 fully saturated rings. The van der Waals surface area contributed by atoms with Crippen LogP contribution in [0.1, 0.15) is 48.0 Å². The molecule has 0 amide bonds. The predicted molar refractivity (Wildman–Crippen MR) is 88.2 cm³/mol. The van der Waals surface area contributed by atoms with Crippen LogP contribution in [0.4, 0.5) is 0 Å². The zero-order valence-electron chi connectivity index (χ0n) is 15.2. The van der Waals surface area contributed by atoms with Gasteiger partial charge < -0.3 is 14.6 Å². The second kappa shape index (κ2) is 5.27. The predicted octanol–water partition coefficient (Wildman–Crippen LogP) is 2.33. The molecular formula is C19H26O5. The Labute approximate surface area is 142 Å². The normalized spacial score (nSPS) is 39.4. The van der Waals surface area contributed by atoms with Crippen LogP contribution >= 0.6 is 0 Å². The van der Waals surface area contributed by atoms with Crippen LogP contribution in [0.15, 0.2) is 22.8 Å². The highest BCUT2D eigenvalue weighted by atomic mass is 16.6. The van der Waals surface area contributed by atoms with Gasteiger partial charge in [0, 0.05) is 11.5 Å². The van der Waals surface area contributed by atoms with E-state index in [9.17, 15) is 14.7 Å². The lowest BCUT2D eigenvalue weighted by Crippen LogP contribution is -2.50. The van der Waals surface area contributed by atoms with Gasteiger partial charge in [0.15, 0.2) is 11.4 Å². The van der Waals surface area contributed by atoms with Gasteiger partial charge in [0.25, 0.3) is 0 Å². The van der Waals surface area contributed by atoms with Gasteiger partial charge in [0.1, 0.15) is 6.10 Å². The molecule has 5 nitrogen and oxygen atoms in total. The van der Waals surface area contributed by atoms with Crippen molar-refractivity contribution in [3.05, 3.63) is 22.8 Å². The fourth-order valence-electron chi connectivity index (χ4n) is 4.39. The average Bonchev–Trinajstić information content (AvgIpc) is 2.80. The van der Waals surface area contributed by atoms with Gasteiger partial charge in [0.05, 0.1) is 17.6 Å². The minimum Gasteiger partial charge on any atom is -0.458 e. The summed E-state index contributed by atoms with van der Waals surface area (Å²) in [5.41, 5.74) is -0.236. The van der Waals surface area contributed by atoms with Crippen molar-refractivity contribution in [3.8, 4) is 0 Å². The smallest absolute Gasteiger partial charge is 0.309 e. The van der Waals surface area contributed by atoms with Crippen LogP contribution in [-0.4, -0.2) is 40.3 Å². The molecule has 2 aliphatic carbocycles. The molecule has 0 saturated carbocycles. The Morgan fingerprint density at radius 1 is 1.29 bits per heavy atom. The van der Waals surface area contributed by atoms with Crippen molar-refractivity contribution in [3.63, 3.8) is 0 Å². The number of allylic oxidation sites excluding steroid dienone is 1. The van der Waals surface area contributed by atoms with Gasteiger partial charge in [-0.2, -0.15) is 0 Å². The summed E-state index contributed by atoms with van der Waals surface area (Å²) in [4.78, 5) is 24.7. The number of rotatable bonds is 1. The van der Waals surface area contributed by atoms with Crippen LogP contribution in [-0.2, 0) is 19.1 Å². The largest absolute Gasteiger partial charge is 0.458 e. The number of hydrogen-bond donors (Lipinski definition) is 1. The lowest BCUT2D eigenvalue weighted by molar-refractivity contribution is -0.152. The molecule has 1 heterocycles. The second-order valence-electron chi connectivity index (χ2n) is 8.31. The number of hydrogen-bond acceptors (Lipinski definition) is 5. The van der Waals surface area contributed by atoms with Gasteiger partial charge in [-0.3, -0.25) is 9.59 Å². The summed E-state index contributed by atoms with van der Waals surface area (Å²) in [6.45, 7) is 11.3. The van der Waals surface area contributed by atoms with Crippen molar-refractivity contribution < 1.29 is 24.2 Å². The molecule has 0 spiro atoms. The Kier molecular flexibility index (Phi) is 3.81. The molecule has 1 N–H and O–H groups in total. The highest BCUT2D eigenvalue weighted by molar-refractivity contribution is 6.11. The SMILES string of the molecule is CC1=CC(=O)C2=C(C)CC(OC(C)(C)C)C3C(C)C(=O)OC3C12O. The number of ether oxygens (including phenoxy) is 2. The molecular weight excluding hydrogens is 308 g/mol. The molecule has 3 aliphatic rings. The summed E-state index contributed by atoms with van der Waals surface area (Å²) >= 11 is 0. The van der Waals surface area contributed by atoms with E-state index in [1.165, 1.54) is 6.08 Å².